The van der Waals surface area contributed by atoms with Gasteiger partial charge in [-0.05, 0) is 17.5 Å². The number of hydrogen-bond donors (Lipinski definition) is 1. The molecule has 0 unspecified atom stereocenters. The van der Waals surface area contributed by atoms with Crippen molar-refractivity contribution < 1.29 is 9.84 Å². The second kappa shape index (κ2) is 3.93. The number of terminal acetylenes is 1. The maximum atomic E-state index is 9.72. The van der Waals surface area contributed by atoms with Crippen molar-refractivity contribution in [1.29, 1.82) is 0 Å². The Kier molecular flexibility index (Phi) is 2.47. The van der Waals surface area contributed by atoms with E-state index in [-0.39, 0.29) is 12.4 Å². The van der Waals surface area contributed by atoms with Crippen molar-refractivity contribution in [2.45, 2.75) is 0 Å². The molecular formula is C13H10O2. The Balaban J connectivity index is 2.59. The van der Waals surface area contributed by atoms with Gasteiger partial charge >= 0.3 is 0 Å². The molecular weight excluding hydrogens is 188 g/mol. The topological polar surface area (TPSA) is 29.5 Å². The number of benzene rings is 2. The highest BCUT2D eigenvalue weighted by molar-refractivity contribution is 5.93. The summed E-state index contributed by atoms with van der Waals surface area (Å²) >= 11 is 0. The SMILES string of the molecule is C#CCOc1cccc2cccc(O)c12. The van der Waals surface area contributed by atoms with Gasteiger partial charge in [0, 0.05) is 0 Å². The highest BCUT2D eigenvalue weighted by atomic mass is 16.5. The van der Waals surface area contributed by atoms with Crippen molar-refractivity contribution in [3.8, 4) is 23.8 Å². The van der Waals surface area contributed by atoms with Crippen molar-refractivity contribution in [1.82, 2.24) is 0 Å². The molecule has 0 atom stereocenters. The predicted octanol–water partition coefficient (Wildman–Crippen LogP) is 2.56. The molecule has 0 fully saturated rings. The maximum Gasteiger partial charge on any atom is 0.148 e. The summed E-state index contributed by atoms with van der Waals surface area (Å²) in [5, 5.41) is 11.4. The van der Waals surface area contributed by atoms with E-state index in [0.29, 0.717) is 11.1 Å². The molecule has 0 heterocycles. The van der Waals surface area contributed by atoms with Crippen LogP contribution in [0.5, 0.6) is 11.5 Å². The van der Waals surface area contributed by atoms with Gasteiger partial charge in [-0.3, -0.25) is 0 Å². The standard InChI is InChI=1S/C13H10O2/c1-2-9-15-12-8-4-6-10-5-3-7-11(14)13(10)12/h1,3-8,14H,9H2. The third kappa shape index (κ3) is 1.72. The molecule has 0 saturated carbocycles. The quantitative estimate of drug-likeness (QED) is 0.751. The number of rotatable bonds is 2. The van der Waals surface area contributed by atoms with E-state index < -0.39 is 0 Å². The average molecular weight is 198 g/mol. The molecule has 0 radical (unpaired) electrons. The summed E-state index contributed by atoms with van der Waals surface area (Å²) in [5.74, 6) is 3.22. The zero-order valence-corrected chi connectivity index (χ0v) is 8.10. The summed E-state index contributed by atoms with van der Waals surface area (Å²) in [6.45, 7) is 0.202. The largest absolute Gasteiger partial charge is 0.507 e. The summed E-state index contributed by atoms with van der Waals surface area (Å²) in [6, 6.07) is 10.9. The normalized spacial score (nSPS) is 9.80. The van der Waals surface area contributed by atoms with Gasteiger partial charge in [-0.25, -0.2) is 0 Å². The molecule has 2 aromatic carbocycles. The molecule has 0 saturated heterocycles. The maximum absolute atomic E-state index is 9.72. The van der Waals surface area contributed by atoms with Crippen molar-refractivity contribution >= 4 is 10.8 Å². The Morgan fingerprint density at radius 3 is 2.67 bits per heavy atom. The average Bonchev–Trinajstić information content (AvgIpc) is 2.26. The van der Waals surface area contributed by atoms with Gasteiger partial charge in [-0.2, -0.15) is 0 Å². The second-order valence-corrected chi connectivity index (χ2v) is 3.12. The molecule has 0 bridgehead atoms. The molecule has 2 aromatic rings. The van der Waals surface area contributed by atoms with Crippen molar-refractivity contribution in [2.24, 2.45) is 0 Å². The van der Waals surface area contributed by atoms with Gasteiger partial charge in [0.05, 0.1) is 5.39 Å². The number of hydrogen-bond acceptors (Lipinski definition) is 2. The first-order valence-electron chi connectivity index (χ1n) is 4.60. The Morgan fingerprint density at radius 2 is 1.93 bits per heavy atom. The lowest BCUT2D eigenvalue weighted by atomic mass is 10.1. The Morgan fingerprint density at radius 1 is 1.20 bits per heavy atom. The minimum atomic E-state index is 0.202. The molecule has 1 N–H and O–H groups in total. The second-order valence-electron chi connectivity index (χ2n) is 3.12. The molecule has 15 heavy (non-hydrogen) atoms. The van der Waals surface area contributed by atoms with Gasteiger partial charge in [0.2, 0.25) is 0 Å². The molecule has 2 nitrogen and oxygen atoms in total. The van der Waals surface area contributed by atoms with Crippen molar-refractivity contribution in [3.05, 3.63) is 36.4 Å². The first-order chi connectivity index (χ1) is 7.33. The van der Waals surface area contributed by atoms with E-state index >= 15 is 0 Å². The van der Waals surface area contributed by atoms with E-state index in [2.05, 4.69) is 5.92 Å². The van der Waals surface area contributed by atoms with Gasteiger partial charge in [0.1, 0.15) is 18.1 Å². The first-order valence-corrected chi connectivity index (χ1v) is 4.60. The number of phenolic OH excluding ortho intramolecular Hbond substituents is 1. The van der Waals surface area contributed by atoms with Crippen LogP contribution in [-0.2, 0) is 0 Å². The van der Waals surface area contributed by atoms with Crippen LogP contribution in [0.2, 0.25) is 0 Å². The summed E-state index contributed by atoms with van der Waals surface area (Å²) in [7, 11) is 0. The molecule has 0 spiro atoms. The zero-order chi connectivity index (χ0) is 10.7. The minimum absolute atomic E-state index is 0.202. The third-order valence-corrected chi connectivity index (χ3v) is 2.16. The molecule has 2 heteroatoms. The van der Waals surface area contributed by atoms with E-state index in [9.17, 15) is 5.11 Å². The summed E-state index contributed by atoms with van der Waals surface area (Å²) < 4.78 is 5.35. The smallest absolute Gasteiger partial charge is 0.148 e. The van der Waals surface area contributed by atoms with Gasteiger partial charge in [-0.1, -0.05) is 30.2 Å². The van der Waals surface area contributed by atoms with E-state index in [1.54, 1.807) is 18.2 Å². The van der Waals surface area contributed by atoms with Crippen LogP contribution >= 0.6 is 0 Å². The molecule has 0 aliphatic heterocycles. The van der Waals surface area contributed by atoms with Crippen LogP contribution in [0.25, 0.3) is 10.8 Å². The first kappa shape index (κ1) is 9.42. The Labute approximate surface area is 88.1 Å². The molecule has 2 rings (SSSR count). The summed E-state index contributed by atoms with van der Waals surface area (Å²) in [6.07, 6.45) is 5.12. The van der Waals surface area contributed by atoms with Crippen molar-refractivity contribution in [2.75, 3.05) is 6.61 Å². The van der Waals surface area contributed by atoms with E-state index in [1.165, 1.54) is 0 Å². The highest BCUT2D eigenvalue weighted by Gasteiger charge is 2.05. The van der Waals surface area contributed by atoms with Gasteiger partial charge < -0.3 is 9.84 Å². The fourth-order valence-electron chi connectivity index (χ4n) is 1.53. The van der Waals surface area contributed by atoms with Gasteiger partial charge in [0.15, 0.2) is 0 Å². The molecule has 74 valence electrons. The van der Waals surface area contributed by atoms with Crippen LogP contribution < -0.4 is 4.74 Å². The lowest BCUT2D eigenvalue weighted by Gasteiger charge is -2.07. The third-order valence-electron chi connectivity index (χ3n) is 2.16. The van der Waals surface area contributed by atoms with Gasteiger partial charge in [-0.15, -0.1) is 6.42 Å². The Hall–Kier alpha value is -2.14. The number of ether oxygens (including phenoxy) is 1. The number of fused-ring (bicyclic) bond motifs is 1. The monoisotopic (exact) mass is 198 g/mol. The van der Waals surface area contributed by atoms with Crippen LogP contribution in [0.15, 0.2) is 36.4 Å². The molecule has 0 amide bonds. The van der Waals surface area contributed by atoms with Crippen LogP contribution in [0, 0.1) is 12.3 Å². The highest BCUT2D eigenvalue weighted by Crippen LogP contribution is 2.32. The summed E-state index contributed by atoms with van der Waals surface area (Å²) in [4.78, 5) is 0. The van der Waals surface area contributed by atoms with Crippen LogP contribution in [0.3, 0.4) is 0 Å². The molecule has 0 aliphatic rings. The molecule has 0 aromatic heterocycles. The van der Waals surface area contributed by atoms with Crippen LogP contribution in [-0.4, -0.2) is 11.7 Å². The minimum Gasteiger partial charge on any atom is -0.507 e. The Bertz CT molecular complexity index is 518. The summed E-state index contributed by atoms with van der Waals surface area (Å²) in [5.41, 5.74) is 0. The predicted molar refractivity (Wildman–Crippen MR) is 59.9 cm³/mol. The number of phenols is 1. The number of aromatic hydroxyl groups is 1. The van der Waals surface area contributed by atoms with E-state index in [0.717, 1.165) is 5.39 Å². The lowest BCUT2D eigenvalue weighted by molar-refractivity contribution is 0.373. The van der Waals surface area contributed by atoms with Crippen LogP contribution in [0.1, 0.15) is 0 Å². The van der Waals surface area contributed by atoms with E-state index in [4.69, 9.17) is 11.2 Å². The van der Waals surface area contributed by atoms with Crippen LogP contribution in [0.4, 0.5) is 0 Å². The fraction of sp³-hybridized carbons (Fsp3) is 0.0769. The zero-order valence-electron chi connectivity index (χ0n) is 8.10. The van der Waals surface area contributed by atoms with Crippen molar-refractivity contribution in [3.63, 3.8) is 0 Å². The van der Waals surface area contributed by atoms with E-state index in [1.807, 2.05) is 18.2 Å². The molecule has 0 aliphatic carbocycles. The fourth-order valence-corrected chi connectivity index (χ4v) is 1.53. The van der Waals surface area contributed by atoms with Gasteiger partial charge in [0.25, 0.3) is 0 Å². The lowest BCUT2D eigenvalue weighted by Crippen LogP contribution is -1.94.